The first-order valence-electron chi connectivity index (χ1n) is 9.81. The fraction of sp³-hybridized carbons (Fsp3) is 0.318. The van der Waals surface area contributed by atoms with E-state index in [1.165, 1.54) is 0 Å². The summed E-state index contributed by atoms with van der Waals surface area (Å²) < 4.78 is 13.8. The van der Waals surface area contributed by atoms with Crippen LogP contribution in [-0.4, -0.2) is 57.3 Å². The van der Waals surface area contributed by atoms with Crippen LogP contribution in [-0.2, 0) is 4.74 Å². The summed E-state index contributed by atoms with van der Waals surface area (Å²) in [6.07, 6.45) is 1.92. The lowest BCUT2D eigenvalue weighted by Gasteiger charge is -2.23. The largest absolute Gasteiger partial charge is 0.489 e. The Balaban J connectivity index is 1.23. The molecule has 7 nitrogen and oxygen atoms in total. The highest BCUT2D eigenvalue weighted by molar-refractivity contribution is 5.78. The number of nitrogens with zero attached hydrogens (tertiary/aromatic N) is 5. The maximum atomic E-state index is 6.03. The minimum atomic E-state index is -0.381. The summed E-state index contributed by atoms with van der Waals surface area (Å²) >= 11 is 0. The minimum Gasteiger partial charge on any atom is -0.489 e. The van der Waals surface area contributed by atoms with E-state index in [1.54, 1.807) is 4.68 Å². The van der Waals surface area contributed by atoms with Gasteiger partial charge in [-0.2, -0.15) is 0 Å². The third-order valence-electron chi connectivity index (χ3n) is 5.16. The number of rotatable bonds is 5. The summed E-state index contributed by atoms with van der Waals surface area (Å²) in [6, 6.07) is 18.9. The maximum absolute atomic E-state index is 6.03. The Hall–Kier alpha value is -3.35. The highest BCUT2D eigenvalue weighted by Crippen LogP contribution is 2.28. The summed E-state index contributed by atoms with van der Waals surface area (Å²) in [4.78, 5) is 6.71. The molecule has 148 valence electrons. The fourth-order valence-corrected chi connectivity index (χ4v) is 3.72. The van der Waals surface area contributed by atoms with Crippen LogP contribution < -0.4 is 4.74 Å². The van der Waals surface area contributed by atoms with E-state index in [1.807, 2.05) is 60.8 Å². The van der Waals surface area contributed by atoms with Gasteiger partial charge in [0.1, 0.15) is 18.1 Å². The average molecular weight is 389 g/mol. The molecule has 2 aromatic carbocycles. The lowest BCUT2D eigenvalue weighted by atomic mass is 10.1. The first kappa shape index (κ1) is 17.7. The molecule has 2 unspecified atom stereocenters. The molecule has 0 radical (unpaired) electrons. The monoisotopic (exact) mass is 389 g/mol. The predicted octanol–water partition coefficient (Wildman–Crippen LogP) is 3.16. The molecule has 0 saturated carbocycles. The molecule has 1 fully saturated rings. The first-order valence-corrected chi connectivity index (χ1v) is 9.81. The Kier molecular flexibility index (Phi) is 4.23. The van der Waals surface area contributed by atoms with E-state index in [4.69, 9.17) is 9.47 Å². The molecular formula is C22H23N5O2. The van der Waals surface area contributed by atoms with E-state index < -0.39 is 0 Å². The van der Waals surface area contributed by atoms with E-state index in [9.17, 15) is 0 Å². The minimum absolute atomic E-state index is 0.308. The molecule has 3 aromatic rings. The standard InChI is InChI=1S/C22H23N5O2/c1-16-12-26-14-22(2,29-21(26)23-16)15-28-19-10-8-18(9-11-19)27-13-20(24-25-27)17-6-4-3-5-7-17/h3-11,13,16H,12,14-15H2,1-2H3. The molecule has 1 aromatic heterocycles. The molecule has 0 spiro atoms. The van der Waals surface area contributed by atoms with Crippen molar-refractivity contribution in [2.75, 3.05) is 19.7 Å². The number of aliphatic imine (C=N–C) groups is 1. The van der Waals surface area contributed by atoms with Crippen LogP contribution in [0, 0.1) is 0 Å². The van der Waals surface area contributed by atoms with Crippen molar-refractivity contribution >= 4 is 6.02 Å². The third-order valence-corrected chi connectivity index (χ3v) is 5.16. The average Bonchev–Trinajstić information content (AvgIpc) is 3.41. The van der Waals surface area contributed by atoms with Crippen LogP contribution in [0.5, 0.6) is 5.75 Å². The molecule has 29 heavy (non-hydrogen) atoms. The van der Waals surface area contributed by atoms with E-state index in [0.29, 0.717) is 12.6 Å². The van der Waals surface area contributed by atoms with Crippen molar-refractivity contribution in [1.29, 1.82) is 0 Å². The van der Waals surface area contributed by atoms with Gasteiger partial charge < -0.3 is 14.4 Å². The number of hydrogen-bond donors (Lipinski definition) is 0. The smallest absolute Gasteiger partial charge is 0.288 e. The lowest BCUT2D eigenvalue weighted by Crippen LogP contribution is -2.38. The number of hydrogen-bond acceptors (Lipinski definition) is 6. The Morgan fingerprint density at radius 2 is 1.93 bits per heavy atom. The Bertz CT molecular complexity index is 1030. The van der Waals surface area contributed by atoms with Crippen LogP contribution in [0.25, 0.3) is 16.9 Å². The Morgan fingerprint density at radius 3 is 2.69 bits per heavy atom. The SMILES string of the molecule is CC1CN2CC(C)(COc3ccc(-n4cc(-c5ccccc5)nn4)cc3)OC2=N1. The zero-order valence-electron chi connectivity index (χ0n) is 16.5. The van der Waals surface area contributed by atoms with Gasteiger partial charge in [-0.15, -0.1) is 5.10 Å². The van der Waals surface area contributed by atoms with Crippen molar-refractivity contribution in [2.45, 2.75) is 25.5 Å². The third kappa shape index (κ3) is 3.55. The Morgan fingerprint density at radius 1 is 1.14 bits per heavy atom. The van der Waals surface area contributed by atoms with Crippen LogP contribution in [0.1, 0.15) is 13.8 Å². The van der Waals surface area contributed by atoms with Gasteiger partial charge in [0.15, 0.2) is 5.60 Å². The van der Waals surface area contributed by atoms with Crippen molar-refractivity contribution in [2.24, 2.45) is 4.99 Å². The molecule has 0 bridgehead atoms. The van der Waals surface area contributed by atoms with Crippen LogP contribution in [0.3, 0.4) is 0 Å². The summed E-state index contributed by atoms with van der Waals surface area (Å²) in [6.45, 7) is 6.35. The number of aromatic nitrogens is 3. The highest BCUT2D eigenvalue weighted by Gasteiger charge is 2.43. The van der Waals surface area contributed by atoms with Gasteiger partial charge >= 0.3 is 0 Å². The van der Waals surface area contributed by atoms with Crippen molar-refractivity contribution in [1.82, 2.24) is 19.9 Å². The van der Waals surface area contributed by atoms with Crippen molar-refractivity contribution < 1.29 is 9.47 Å². The second-order valence-electron chi connectivity index (χ2n) is 7.89. The molecule has 0 amide bonds. The molecule has 3 heterocycles. The zero-order chi connectivity index (χ0) is 19.8. The molecule has 5 rings (SSSR count). The summed E-state index contributed by atoms with van der Waals surface area (Å²) in [7, 11) is 0. The van der Waals surface area contributed by atoms with Gasteiger partial charge in [0.2, 0.25) is 0 Å². The molecule has 0 N–H and O–H groups in total. The second-order valence-corrected chi connectivity index (χ2v) is 7.89. The Labute approximate surface area is 169 Å². The van der Waals surface area contributed by atoms with Gasteiger partial charge in [-0.05, 0) is 38.1 Å². The highest BCUT2D eigenvalue weighted by atomic mass is 16.6. The lowest BCUT2D eigenvalue weighted by molar-refractivity contribution is 0.0508. The molecule has 0 aliphatic carbocycles. The van der Waals surface area contributed by atoms with Gasteiger partial charge in [0, 0.05) is 12.1 Å². The van der Waals surface area contributed by atoms with E-state index >= 15 is 0 Å². The van der Waals surface area contributed by atoms with E-state index in [0.717, 1.165) is 41.8 Å². The molecule has 2 atom stereocenters. The topological polar surface area (TPSA) is 64.8 Å². The molecule has 7 heteroatoms. The van der Waals surface area contributed by atoms with Crippen molar-refractivity contribution in [3.8, 4) is 22.7 Å². The molecule has 1 saturated heterocycles. The van der Waals surface area contributed by atoms with Gasteiger partial charge in [0.25, 0.3) is 6.02 Å². The quantitative estimate of drug-likeness (QED) is 0.671. The molecule has 2 aliphatic heterocycles. The number of benzene rings is 2. The van der Waals surface area contributed by atoms with Gasteiger partial charge in [-0.1, -0.05) is 35.5 Å². The second kappa shape index (κ2) is 6.92. The summed E-state index contributed by atoms with van der Waals surface area (Å²) in [5, 5.41) is 8.50. The van der Waals surface area contributed by atoms with E-state index in [-0.39, 0.29) is 5.60 Å². The number of amidine groups is 1. The van der Waals surface area contributed by atoms with Gasteiger partial charge in [0.05, 0.1) is 24.5 Å². The van der Waals surface area contributed by atoms with Gasteiger partial charge in [-0.3, -0.25) is 0 Å². The summed E-state index contributed by atoms with van der Waals surface area (Å²) in [5.41, 5.74) is 2.44. The van der Waals surface area contributed by atoms with Crippen LogP contribution in [0.2, 0.25) is 0 Å². The van der Waals surface area contributed by atoms with Crippen LogP contribution in [0.15, 0.2) is 65.8 Å². The first-order chi connectivity index (χ1) is 14.1. The number of ether oxygens (including phenoxy) is 2. The van der Waals surface area contributed by atoms with Gasteiger partial charge in [-0.25, -0.2) is 9.67 Å². The fourth-order valence-electron chi connectivity index (χ4n) is 3.72. The van der Waals surface area contributed by atoms with E-state index in [2.05, 4.69) is 34.1 Å². The number of fused-ring (bicyclic) bond motifs is 1. The maximum Gasteiger partial charge on any atom is 0.288 e. The van der Waals surface area contributed by atoms with Crippen LogP contribution >= 0.6 is 0 Å². The van der Waals surface area contributed by atoms with Crippen LogP contribution in [0.4, 0.5) is 0 Å². The normalized spacial score (nSPS) is 22.9. The van der Waals surface area contributed by atoms with Crippen molar-refractivity contribution in [3.63, 3.8) is 0 Å². The summed E-state index contributed by atoms with van der Waals surface area (Å²) in [5.74, 6) is 0.796. The molecule has 2 aliphatic rings. The van der Waals surface area contributed by atoms with Crippen molar-refractivity contribution in [3.05, 3.63) is 60.8 Å². The predicted molar refractivity (Wildman–Crippen MR) is 110 cm³/mol. The zero-order valence-corrected chi connectivity index (χ0v) is 16.5. The molecular weight excluding hydrogens is 366 g/mol.